The Kier molecular flexibility index (Phi) is 1.71. The number of hydrogen-bond donors (Lipinski definition) is 2. The summed E-state index contributed by atoms with van der Waals surface area (Å²) in [6.45, 7) is 4.34. The van der Waals surface area contributed by atoms with E-state index in [0.29, 0.717) is 0 Å². The average molecular weight is 200 g/mol. The van der Waals surface area contributed by atoms with Crippen LogP contribution in [0.25, 0.3) is 10.9 Å². The van der Waals surface area contributed by atoms with Gasteiger partial charge in [-0.2, -0.15) is 0 Å². The molecule has 0 saturated heterocycles. The quantitative estimate of drug-likeness (QED) is 0.674. The fourth-order valence-corrected chi connectivity index (χ4v) is 2.66. The van der Waals surface area contributed by atoms with E-state index in [1.165, 1.54) is 33.2 Å². The lowest BCUT2D eigenvalue weighted by Gasteiger charge is -2.21. The molecule has 1 unspecified atom stereocenters. The third kappa shape index (κ3) is 1.08. The van der Waals surface area contributed by atoms with Crippen molar-refractivity contribution in [3.8, 4) is 0 Å². The minimum absolute atomic E-state index is 0.218. The number of aromatic amines is 1. The summed E-state index contributed by atoms with van der Waals surface area (Å²) in [7, 11) is 0. The first-order valence-corrected chi connectivity index (χ1v) is 5.54. The number of benzene rings is 1. The zero-order valence-electron chi connectivity index (χ0n) is 9.22. The molecule has 2 heteroatoms. The monoisotopic (exact) mass is 200 g/mol. The number of aryl methyl sites for hydroxylation is 3. The van der Waals surface area contributed by atoms with Gasteiger partial charge in [-0.1, -0.05) is 6.07 Å². The molecule has 0 saturated carbocycles. The second kappa shape index (κ2) is 2.86. The molecule has 0 amide bonds. The Hall–Kier alpha value is -1.28. The lowest BCUT2D eigenvalue weighted by Crippen LogP contribution is -2.15. The fraction of sp³-hybridized carbons (Fsp3) is 0.385. The third-order valence-corrected chi connectivity index (χ3v) is 3.71. The van der Waals surface area contributed by atoms with Gasteiger partial charge in [0.1, 0.15) is 0 Å². The largest absolute Gasteiger partial charge is 0.361 e. The van der Waals surface area contributed by atoms with Gasteiger partial charge < -0.3 is 10.7 Å². The van der Waals surface area contributed by atoms with Crippen molar-refractivity contribution in [2.75, 3.05) is 0 Å². The number of aromatic nitrogens is 1. The second-order valence-corrected chi connectivity index (χ2v) is 4.62. The maximum absolute atomic E-state index is 6.17. The van der Waals surface area contributed by atoms with Crippen LogP contribution in [0.3, 0.4) is 0 Å². The van der Waals surface area contributed by atoms with Gasteiger partial charge in [0.25, 0.3) is 0 Å². The second-order valence-electron chi connectivity index (χ2n) is 4.62. The van der Waals surface area contributed by atoms with Crippen LogP contribution in [-0.2, 0) is 6.42 Å². The highest BCUT2D eigenvalue weighted by Crippen LogP contribution is 2.36. The first-order chi connectivity index (χ1) is 7.18. The first-order valence-electron chi connectivity index (χ1n) is 5.54. The van der Waals surface area contributed by atoms with Crippen molar-refractivity contribution in [2.45, 2.75) is 32.7 Å². The van der Waals surface area contributed by atoms with Gasteiger partial charge in [-0.3, -0.25) is 0 Å². The van der Waals surface area contributed by atoms with E-state index in [1.807, 2.05) is 0 Å². The Morgan fingerprint density at radius 2 is 2.20 bits per heavy atom. The van der Waals surface area contributed by atoms with Crippen molar-refractivity contribution >= 4 is 10.9 Å². The summed E-state index contributed by atoms with van der Waals surface area (Å²) in [5, 5.41) is 1.39. The van der Waals surface area contributed by atoms with Gasteiger partial charge in [-0.05, 0) is 48.9 Å². The standard InChI is InChI=1S/C13H16N2/c1-7-5-10-11(14)4-3-9-6-15-13(8(7)2)12(9)10/h5-6,11,15H,3-4,14H2,1-2H3. The van der Waals surface area contributed by atoms with E-state index >= 15 is 0 Å². The third-order valence-electron chi connectivity index (χ3n) is 3.71. The molecule has 2 nitrogen and oxygen atoms in total. The topological polar surface area (TPSA) is 41.8 Å². The van der Waals surface area contributed by atoms with Crippen LogP contribution >= 0.6 is 0 Å². The molecule has 1 heterocycles. The molecule has 0 fully saturated rings. The lowest BCUT2D eigenvalue weighted by atomic mass is 9.87. The molecule has 1 aliphatic carbocycles. The Morgan fingerprint density at radius 3 is 3.00 bits per heavy atom. The van der Waals surface area contributed by atoms with Crippen molar-refractivity contribution < 1.29 is 0 Å². The van der Waals surface area contributed by atoms with Gasteiger partial charge in [0.05, 0.1) is 0 Å². The Labute approximate surface area is 89.5 Å². The van der Waals surface area contributed by atoms with Crippen LogP contribution < -0.4 is 5.73 Å². The van der Waals surface area contributed by atoms with E-state index in [2.05, 4.69) is 31.1 Å². The molecule has 0 spiro atoms. The SMILES string of the molecule is Cc1cc2c3c(c[nH]c3c1C)CCC2N. The summed E-state index contributed by atoms with van der Waals surface area (Å²) in [5.41, 5.74) is 12.9. The van der Waals surface area contributed by atoms with Crippen LogP contribution in [0.4, 0.5) is 0 Å². The molecular formula is C13H16N2. The van der Waals surface area contributed by atoms with Gasteiger partial charge in [0, 0.05) is 23.1 Å². The smallest absolute Gasteiger partial charge is 0.0492 e. The van der Waals surface area contributed by atoms with Crippen LogP contribution in [0.5, 0.6) is 0 Å². The minimum Gasteiger partial charge on any atom is -0.361 e. The normalized spacial score (nSPS) is 19.8. The minimum atomic E-state index is 0.218. The van der Waals surface area contributed by atoms with E-state index in [-0.39, 0.29) is 6.04 Å². The molecule has 0 bridgehead atoms. The maximum atomic E-state index is 6.17. The van der Waals surface area contributed by atoms with Gasteiger partial charge in [0.15, 0.2) is 0 Å². The number of nitrogens with one attached hydrogen (secondary N) is 1. The zero-order valence-corrected chi connectivity index (χ0v) is 9.22. The molecule has 3 N–H and O–H groups in total. The lowest BCUT2D eigenvalue weighted by molar-refractivity contribution is 0.643. The highest BCUT2D eigenvalue weighted by molar-refractivity contribution is 5.91. The van der Waals surface area contributed by atoms with E-state index in [0.717, 1.165) is 12.8 Å². The fourth-order valence-electron chi connectivity index (χ4n) is 2.66. The van der Waals surface area contributed by atoms with E-state index < -0.39 is 0 Å². The molecular weight excluding hydrogens is 184 g/mol. The summed E-state index contributed by atoms with van der Waals surface area (Å²) in [4.78, 5) is 3.39. The van der Waals surface area contributed by atoms with Gasteiger partial charge in [0.2, 0.25) is 0 Å². The van der Waals surface area contributed by atoms with Gasteiger partial charge >= 0.3 is 0 Å². The number of H-pyrrole nitrogens is 1. The van der Waals surface area contributed by atoms with Gasteiger partial charge in [-0.15, -0.1) is 0 Å². The molecule has 0 aliphatic heterocycles. The van der Waals surface area contributed by atoms with E-state index in [9.17, 15) is 0 Å². The maximum Gasteiger partial charge on any atom is 0.0492 e. The molecule has 3 rings (SSSR count). The summed E-state index contributed by atoms with van der Waals surface area (Å²) in [5.74, 6) is 0. The van der Waals surface area contributed by atoms with E-state index in [4.69, 9.17) is 5.73 Å². The molecule has 15 heavy (non-hydrogen) atoms. The summed E-state index contributed by atoms with van der Waals surface area (Å²) in [6.07, 6.45) is 4.33. The van der Waals surface area contributed by atoms with Crippen LogP contribution in [0, 0.1) is 13.8 Å². The molecule has 1 aliphatic rings. The summed E-state index contributed by atoms with van der Waals surface area (Å²) >= 11 is 0. The summed E-state index contributed by atoms with van der Waals surface area (Å²) < 4.78 is 0. The van der Waals surface area contributed by atoms with Crippen molar-refractivity contribution in [2.24, 2.45) is 5.73 Å². The van der Waals surface area contributed by atoms with Crippen LogP contribution in [0.1, 0.15) is 34.7 Å². The Morgan fingerprint density at radius 1 is 1.40 bits per heavy atom. The molecule has 1 aromatic carbocycles. The highest BCUT2D eigenvalue weighted by atomic mass is 14.7. The first kappa shape index (κ1) is 8.98. The predicted octanol–water partition coefficient (Wildman–Crippen LogP) is 2.73. The van der Waals surface area contributed by atoms with Crippen molar-refractivity contribution in [1.82, 2.24) is 4.98 Å². The van der Waals surface area contributed by atoms with Crippen LogP contribution in [-0.4, -0.2) is 4.98 Å². The number of hydrogen-bond acceptors (Lipinski definition) is 1. The molecule has 1 aromatic heterocycles. The van der Waals surface area contributed by atoms with Crippen molar-refractivity contribution in [1.29, 1.82) is 0 Å². The number of rotatable bonds is 0. The molecule has 1 atom stereocenters. The molecule has 2 aromatic rings. The van der Waals surface area contributed by atoms with Crippen molar-refractivity contribution in [3.05, 3.63) is 34.5 Å². The predicted molar refractivity (Wildman–Crippen MR) is 63.0 cm³/mol. The van der Waals surface area contributed by atoms with Crippen LogP contribution in [0.15, 0.2) is 12.3 Å². The van der Waals surface area contributed by atoms with Crippen LogP contribution in [0.2, 0.25) is 0 Å². The van der Waals surface area contributed by atoms with Crippen molar-refractivity contribution in [3.63, 3.8) is 0 Å². The van der Waals surface area contributed by atoms with E-state index in [1.54, 1.807) is 0 Å². The van der Waals surface area contributed by atoms with Gasteiger partial charge in [-0.25, -0.2) is 0 Å². The Balaban J connectivity index is 2.48. The summed E-state index contributed by atoms with van der Waals surface area (Å²) in [6, 6.07) is 2.48. The number of nitrogens with two attached hydrogens (primary N) is 1. The molecule has 78 valence electrons. The highest BCUT2D eigenvalue weighted by Gasteiger charge is 2.21. The zero-order chi connectivity index (χ0) is 10.6. The molecule has 0 radical (unpaired) electrons. The Bertz CT molecular complexity index is 537. The average Bonchev–Trinajstić information content (AvgIpc) is 2.64.